The summed E-state index contributed by atoms with van der Waals surface area (Å²) in [4.78, 5) is 18.2. The summed E-state index contributed by atoms with van der Waals surface area (Å²) in [6.45, 7) is 6.62. The second-order valence-electron chi connectivity index (χ2n) is 8.31. The standard InChI is InChI=1S/C23H26FN3O4/c1-23(2,3)31-22(28)27-11-9-18(10-12-27)30-21-6-4-5-20(26-21)29-15-17-8-7-16(14-25)13-19(17)24/h4-8,13,18H,9-12,15H2,1-3H3. The van der Waals surface area contributed by atoms with Gasteiger partial charge in [0.2, 0.25) is 11.8 Å². The number of halogens is 1. The van der Waals surface area contributed by atoms with Crippen LogP contribution in [-0.2, 0) is 11.3 Å². The number of amides is 1. The van der Waals surface area contributed by atoms with Crippen molar-refractivity contribution in [1.82, 2.24) is 9.88 Å². The molecule has 7 nitrogen and oxygen atoms in total. The lowest BCUT2D eigenvalue weighted by Crippen LogP contribution is -2.44. The normalized spacial score (nSPS) is 14.6. The fraction of sp³-hybridized carbons (Fsp3) is 0.435. The number of piperidine rings is 1. The molecule has 1 aromatic carbocycles. The van der Waals surface area contributed by atoms with Gasteiger partial charge in [0.15, 0.2) is 0 Å². The summed E-state index contributed by atoms with van der Waals surface area (Å²) in [6, 6.07) is 11.3. The quantitative estimate of drug-likeness (QED) is 0.701. The number of carbonyl (C=O) groups excluding carboxylic acids is 1. The molecule has 1 amide bonds. The average Bonchev–Trinajstić information content (AvgIpc) is 2.72. The third-order valence-electron chi connectivity index (χ3n) is 4.64. The number of hydrogen-bond acceptors (Lipinski definition) is 6. The first-order valence-electron chi connectivity index (χ1n) is 10.2. The number of rotatable bonds is 5. The largest absolute Gasteiger partial charge is 0.474 e. The summed E-state index contributed by atoms with van der Waals surface area (Å²) < 4.78 is 30.9. The summed E-state index contributed by atoms with van der Waals surface area (Å²) in [6.07, 6.45) is 0.956. The number of benzene rings is 1. The second kappa shape index (κ2) is 9.65. The molecule has 1 aliphatic rings. The first-order valence-corrected chi connectivity index (χ1v) is 10.2. The predicted octanol–water partition coefficient (Wildman–Crippen LogP) is 4.45. The first-order chi connectivity index (χ1) is 14.7. The maximum atomic E-state index is 14.0. The Hall–Kier alpha value is -3.34. The highest BCUT2D eigenvalue weighted by Gasteiger charge is 2.27. The molecule has 164 valence electrons. The van der Waals surface area contributed by atoms with Crippen molar-refractivity contribution >= 4 is 6.09 Å². The average molecular weight is 427 g/mol. The minimum absolute atomic E-state index is 0.0116. The molecule has 1 saturated heterocycles. The van der Waals surface area contributed by atoms with Crippen molar-refractivity contribution in [3.8, 4) is 17.8 Å². The number of ether oxygens (including phenoxy) is 3. The van der Waals surface area contributed by atoms with Crippen molar-refractivity contribution in [2.75, 3.05) is 13.1 Å². The monoisotopic (exact) mass is 427 g/mol. The molecular formula is C23H26FN3O4. The van der Waals surface area contributed by atoms with Gasteiger partial charge in [-0.2, -0.15) is 10.2 Å². The predicted molar refractivity (Wildman–Crippen MR) is 111 cm³/mol. The van der Waals surface area contributed by atoms with Gasteiger partial charge in [-0.25, -0.2) is 9.18 Å². The van der Waals surface area contributed by atoms with Crippen LogP contribution in [-0.4, -0.2) is 40.8 Å². The maximum Gasteiger partial charge on any atom is 0.410 e. The fourth-order valence-corrected chi connectivity index (χ4v) is 3.08. The van der Waals surface area contributed by atoms with Gasteiger partial charge in [0.05, 0.1) is 11.6 Å². The van der Waals surface area contributed by atoms with E-state index in [1.165, 1.54) is 12.1 Å². The molecule has 0 radical (unpaired) electrons. The van der Waals surface area contributed by atoms with Gasteiger partial charge in [-0.1, -0.05) is 12.1 Å². The van der Waals surface area contributed by atoms with E-state index in [1.807, 2.05) is 26.8 Å². The Morgan fingerprint density at radius 1 is 1.23 bits per heavy atom. The molecule has 0 unspecified atom stereocenters. The molecule has 2 aromatic rings. The molecule has 0 aliphatic carbocycles. The third kappa shape index (κ3) is 6.57. The lowest BCUT2D eigenvalue weighted by atomic mass is 10.1. The number of likely N-dealkylation sites (tertiary alicyclic amines) is 1. The van der Waals surface area contributed by atoms with Gasteiger partial charge < -0.3 is 19.1 Å². The Balaban J connectivity index is 1.51. The van der Waals surface area contributed by atoms with Crippen LogP contribution >= 0.6 is 0 Å². The van der Waals surface area contributed by atoms with E-state index in [2.05, 4.69) is 4.98 Å². The summed E-state index contributed by atoms with van der Waals surface area (Å²) in [5, 5.41) is 8.81. The molecule has 1 aromatic heterocycles. The molecule has 0 bridgehead atoms. The first kappa shape index (κ1) is 22.3. The number of hydrogen-bond donors (Lipinski definition) is 0. The number of carbonyl (C=O) groups is 1. The number of pyridine rings is 1. The van der Waals surface area contributed by atoms with E-state index in [-0.39, 0.29) is 24.4 Å². The van der Waals surface area contributed by atoms with Crippen molar-refractivity contribution in [3.05, 3.63) is 53.3 Å². The van der Waals surface area contributed by atoms with Crippen LogP contribution in [0.4, 0.5) is 9.18 Å². The van der Waals surface area contributed by atoms with Gasteiger partial charge >= 0.3 is 6.09 Å². The van der Waals surface area contributed by atoms with Crippen molar-refractivity contribution in [3.63, 3.8) is 0 Å². The van der Waals surface area contributed by atoms with Crippen molar-refractivity contribution < 1.29 is 23.4 Å². The van der Waals surface area contributed by atoms with E-state index < -0.39 is 11.4 Å². The maximum absolute atomic E-state index is 14.0. The smallest absolute Gasteiger partial charge is 0.410 e. The van der Waals surface area contributed by atoms with Crippen LogP contribution in [0.15, 0.2) is 36.4 Å². The molecule has 0 spiro atoms. The molecule has 2 heterocycles. The zero-order valence-electron chi connectivity index (χ0n) is 17.9. The molecule has 1 fully saturated rings. The highest BCUT2D eigenvalue weighted by Crippen LogP contribution is 2.22. The zero-order valence-corrected chi connectivity index (χ0v) is 17.9. The Morgan fingerprint density at radius 2 is 1.94 bits per heavy atom. The van der Waals surface area contributed by atoms with Crippen molar-refractivity contribution in [2.24, 2.45) is 0 Å². The van der Waals surface area contributed by atoms with Crippen LogP contribution in [0, 0.1) is 17.1 Å². The van der Waals surface area contributed by atoms with E-state index in [0.29, 0.717) is 43.3 Å². The van der Waals surface area contributed by atoms with Crippen LogP contribution in [0.2, 0.25) is 0 Å². The van der Waals surface area contributed by atoms with Crippen LogP contribution < -0.4 is 9.47 Å². The van der Waals surface area contributed by atoms with Crippen LogP contribution in [0.25, 0.3) is 0 Å². The van der Waals surface area contributed by atoms with Gasteiger partial charge in [0.25, 0.3) is 0 Å². The summed E-state index contributed by atoms with van der Waals surface area (Å²) in [5.41, 5.74) is 0.0734. The minimum Gasteiger partial charge on any atom is -0.474 e. The number of aromatic nitrogens is 1. The topological polar surface area (TPSA) is 84.7 Å². The number of nitrogens with zero attached hydrogens (tertiary/aromatic N) is 3. The van der Waals surface area contributed by atoms with Crippen LogP contribution in [0.3, 0.4) is 0 Å². The minimum atomic E-state index is -0.518. The molecule has 3 rings (SSSR count). The lowest BCUT2D eigenvalue weighted by Gasteiger charge is -2.33. The molecule has 0 saturated carbocycles. The summed E-state index contributed by atoms with van der Waals surface area (Å²) >= 11 is 0. The Kier molecular flexibility index (Phi) is 6.95. The summed E-state index contributed by atoms with van der Waals surface area (Å²) in [5.74, 6) is 0.226. The molecule has 0 N–H and O–H groups in total. The van der Waals surface area contributed by atoms with Gasteiger partial charge in [-0.3, -0.25) is 0 Å². The van der Waals surface area contributed by atoms with Crippen molar-refractivity contribution in [2.45, 2.75) is 51.9 Å². The second-order valence-corrected chi connectivity index (χ2v) is 8.31. The van der Waals surface area contributed by atoms with E-state index in [4.69, 9.17) is 19.5 Å². The molecule has 0 atom stereocenters. The van der Waals surface area contributed by atoms with Crippen LogP contribution in [0.1, 0.15) is 44.7 Å². The zero-order chi connectivity index (χ0) is 22.4. The van der Waals surface area contributed by atoms with Crippen LogP contribution in [0.5, 0.6) is 11.8 Å². The Labute approximate surface area is 181 Å². The van der Waals surface area contributed by atoms with Crippen molar-refractivity contribution in [1.29, 1.82) is 5.26 Å². The Bertz CT molecular complexity index is 960. The van der Waals surface area contributed by atoms with Gasteiger partial charge in [0.1, 0.15) is 24.1 Å². The SMILES string of the molecule is CC(C)(C)OC(=O)N1CCC(Oc2cccc(OCc3ccc(C#N)cc3F)n2)CC1. The van der Waals surface area contributed by atoms with E-state index in [1.54, 1.807) is 29.2 Å². The lowest BCUT2D eigenvalue weighted by molar-refractivity contribution is 0.0122. The third-order valence-corrected chi connectivity index (χ3v) is 4.64. The molecule has 1 aliphatic heterocycles. The van der Waals surface area contributed by atoms with E-state index >= 15 is 0 Å². The Morgan fingerprint density at radius 3 is 2.58 bits per heavy atom. The molecule has 31 heavy (non-hydrogen) atoms. The number of nitriles is 1. The highest BCUT2D eigenvalue weighted by molar-refractivity contribution is 5.68. The highest BCUT2D eigenvalue weighted by atomic mass is 19.1. The van der Waals surface area contributed by atoms with E-state index in [9.17, 15) is 9.18 Å². The van der Waals surface area contributed by atoms with Gasteiger partial charge in [-0.05, 0) is 32.9 Å². The molecule has 8 heteroatoms. The summed E-state index contributed by atoms with van der Waals surface area (Å²) in [7, 11) is 0. The van der Waals surface area contributed by atoms with Gasteiger partial charge in [0, 0.05) is 43.6 Å². The molecular weight excluding hydrogens is 401 g/mol. The van der Waals surface area contributed by atoms with Gasteiger partial charge in [-0.15, -0.1) is 0 Å². The fourth-order valence-electron chi connectivity index (χ4n) is 3.08. The van der Waals surface area contributed by atoms with E-state index in [0.717, 1.165) is 0 Å².